The second kappa shape index (κ2) is 24.2. The van der Waals surface area contributed by atoms with Gasteiger partial charge in [0.15, 0.2) is 0 Å². The minimum absolute atomic E-state index is 0.0881. The van der Waals surface area contributed by atoms with E-state index in [1.54, 1.807) is 83.1 Å². The molecule has 4 heterocycles. The van der Waals surface area contributed by atoms with Crippen molar-refractivity contribution < 1.29 is 61.0 Å². The van der Waals surface area contributed by atoms with E-state index in [4.69, 9.17) is 14.2 Å². The summed E-state index contributed by atoms with van der Waals surface area (Å²) in [4.78, 5) is 117. The van der Waals surface area contributed by atoms with E-state index >= 15 is 0 Å². The second-order valence-electron chi connectivity index (χ2n) is 25.6. The fraction of sp³-hybridized carbons (Fsp3) is 0.778. The molecule has 0 aromatic heterocycles. The molecule has 12 atom stereocenters. The lowest BCUT2D eigenvalue weighted by molar-refractivity contribution is -0.141. The van der Waals surface area contributed by atoms with Crippen LogP contribution in [0.5, 0.6) is 0 Å². The number of allylic oxidation sites excluding steroid dienone is 2. The number of ether oxygens (including phenoxy) is 3. The molecule has 0 bridgehead atoms. The Morgan fingerprint density at radius 3 is 1.27 bits per heavy atom. The summed E-state index contributed by atoms with van der Waals surface area (Å²) in [5.41, 5.74) is -4.72. The maximum absolute atomic E-state index is 14.9. The van der Waals surface area contributed by atoms with Crippen molar-refractivity contribution in [2.24, 2.45) is 11.8 Å². The van der Waals surface area contributed by atoms with Crippen molar-refractivity contribution in [3.8, 4) is 0 Å². The highest BCUT2D eigenvalue weighted by atomic mass is 32.2. The average Bonchev–Trinajstić information content (AvgIpc) is 4.05. The number of fused-ring (bicyclic) bond motifs is 4. The van der Waals surface area contributed by atoms with Crippen LogP contribution in [0.25, 0.3) is 0 Å². The van der Waals surface area contributed by atoms with Crippen molar-refractivity contribution in [1.29, 1.82) is 0 Å². The predicted molar refractivity (Wildman–Crippen MR) is 290 cm³/mol. The minimum atomic E-state index is -1.82. The van der Waals surface area contributed by atoms with Crippen molar-refractivity contribution in [2.75, 3.05) is 13.1 Å². The van der Waals surface area contributed by atoms with E-state index in [9.17, 15) is 46.8 Å². The van der Waals surface area contributed by atoms with Crippen molar-refractivity contribution in [1.82, 2.24) is 40.5 Å². The zero-order chi connectivity index (χ0) is 57.1. The molecule has 2 saturated heterocycles. The van der Waals surface area contributed by atoms with Crippen LogP contribution in [0.3, 0.4) is 0 Å². The Balaban J connectivity index is 1.33. The van der Waals surface area contributed by atoms with Crippen molar-refractivity contribution >= 4 is 69.6 Å². The van der Waals surface area contributed by atoms with Gasteiger partial charge in [-0.25, -0.2) is 18.0 Å². The van der Waals surface area contributed by atoms with Gasteiger partial charge in [0, 0.05) is 37.8 Å². The molecule has 21 nitrogen and oxygen atoms in total. The van der Waals surface area contributed by atoms with Crippen LogP contribution < -0.4 is 30.7 Å². The normalized spacial score (nSPS) is 32.4. The molecule has 8 amide bonds. The van der Waals surface area contributed by atoms with Gasteiger partial charge in [0.05, 0.1) is 21.7 Å². The molecule has 4 aliphatic heterocycles. The van der Waals surface area contributed by atoms with Crippen LogP contribution in [0.1, 0.15) is 173 Å². The zero-order valence-electron chi connectivity index (χ0n) is 47.3. The van der Waals surface area contributed by atoms with Crippen LogP contribution in [-0.4, -0.2) is 147 Å². The number of carbonyl (C=O) groups excluding carboxylic acids is 8. The number of nitrogens with zero attached hydrogens (tertiary/aromatic N) is 2. The fourth-order valence-electron chi connectivity index (χ4n) is 10.2. The summed E-state index contributed by atoms with van der Waals surface area (Å²) in [6.45, 7) is 20.2. The van der Waals surface area contributed by atoms with E-state index in [1.165, 1.54) is 9.80 Å². The standard InChI is InChI=1S/C54H86N8O13S2/c1-49(2,3)74-47(69)55-37-25-21-17-13-15-19-23-33-29-53(33,45(67)59-76(71)51(7,8)9)57-41(63)39-27-35(31-61(39)43(37)65)73-36-28-40-42(64)58-54(46(68)60-77(72)52(10,11)12)30-34(54)24-20-16-14-18-22-26-38(44(66)62(40)32-36)56-48(70)75-50(4,5)6/h19-20,23-24,33-40H,13-18,21-22,25-32H2,1-12H3,(H,55,69)(H,56,70)(H,57,63)(H,58,64)(H,59,67)(H,60,68)/b23-19-,24-20-/t33?,34?,35?,36?,37?,38?,39?,40?,53?,54?,76-,77-/m0/s1. The lowest BCUT2D eigenvalue weighted by Crippen LogP contribution is -2.58. The monoisotopic (exact) mass is 1120 g/mol. The van der Waals surface area contributed by atoms with Crippen LogP contribution >= 0.6 is 0 Å². The summed E-state index contributed by atoms with van der Waals surface area (Å²) >= 11 is 0. The van der Waals surface area contributed by atoms with Gasteiger partial charge in [0.2, 0.25) is 23.6 Å². The molecule has 432 valence electrons. The molecule has 6 aliphatic rings. The van der Waals surface area contributed by atoms with Crippen molar-refractivity contribution in [3.63, 3.8) is 0 Å². The molecule has 0 radical (unpaired) electrons. The van der Waals surface area contributed by atoms with Crippen LogP contribution in [0, 0.1) is 11.8 Å². The number of hydrogen-bond acceptors (Lipinski definition) is 13. The highest BCUT2D eigenvalue weighted by Gasteiger charge is 2.63. The summed E-state index contributed by atoms with van der Waals surface area (Å²) in [6, 6.07) is -4.71. The minimum Gasteiger partial charge on any atom is -0.444 e. The van der Waals surface area contributed by atoms with Gasteiger partial charge in [-0.2, -0.15) is 0 Å². The Morgan fingerprint density at radius 2 is 0.935 bits per heavy atom. The highest BCUT2D eigenvalue weighted by Crippen LogP contribution is 2.47. The van der Waals surface area contributed by atoms with Gasteiger partial charge in [-0.05, 0) is 134 Å². The van der Waals surface area contributed by atoms with Gasteiger partial charge in [-0.15, -0.1) is 0 Å². The molecule has 10 unspecified atom stereocenters. The first-order chi connectivity index (χ1) is 35.7. The summed E-state index contributed by atoms with van der Waals surface area (Å²) in [7, 11) is -3.63. The lowest BCUT2D eigenvalue weighted by atomic mass is 10.0. The number of alkyl carbamates (subject to hydrolysis) is 2. The number of rotatable bonds is 8. The van der Waals surface area contributed by atoms with Gasteiger partial charge in [0.25, 0.3) is 11.8 Å². The van der Waals surface area contributed by atoms with E-state index in [2.05, 4.69) is 30.7 Å². The number of nitrogens with one attached hydrogen (secondary N) is 6. The van der Waals surface area contributed by atoms with E-state index in [0.29, 0.717) is 38.5 Å². The molecular formula is C54H86N8O13S2. The van der Waals surface area contributed by atoms with Gasteiger partial charge < -0.3 is 45.3 Å². The maximum atomic E-state index is 14.9. The third-order valence-electron chi connectivity index (χ3n) is 14.5. The molecular weight excluding hydrogens is 1030 g/mol. The summed E-state index contributed by atoms with van der Waals surface area (Å²) in [5, 5.41) is 11.4. The average molecular weight is 1120 g/mol. The zero-order valence-corrected chi connectivity index (χ0v) is 48.9. The Kier molecular flexibility index (Phi) is 19.3. The maximum Gasteiger partial charge on any atom is 0.408 e. The summed E-state index contributed by atoms with van der Waals surface area (Å²) < 4.78 is 48.0. The molecule has 0 aromatic carbocycles. The summed E-state index contributed by atoms with van der Waals surface area (Å²) in [6.07, 6.45) is 10.3. The second-order valence-corrected chi connectivity index (χ2v) is 29.5. The van der Waals surface area contributed by atoms with E-state index in [1.807, 2.05) is 24.3 Å². The lowest BCUT2D eigenvalue weighted by Gasteiger charge is -2.30. The first kappa shape index (κ1) is 61.3. The van der Waals surface area contributed by atoms with Gasteiger partial charge in [-0.1, -0.05) is 50.0 Å². The molecule has 6 rings (SSSR count). The molecule has 6 N–H and O–H groups in total. The van der Waals surface area contributed by atoms with Gasteiger partial charge in [-0.3, -0.25) is 38.2 Å². The van der Waals surface area contributed by atoms with Gasteiger partial charge in [0.1, 0.15) is 68.4 Å². The van der Waals surface area contributed by atoms with E-state index in [0.717, 1.165) is 12.8 Å². The Bertz CT molecular complexity index is 2210. The molecule has 0 spiro atoms. The first-order valence-corrected chi connectivity index (χ1v) is 29.7. The van der Waals surface area contributed by atoms with Crippen LogP contribution in [0.15, 0.2) is 24.3 Å². The number of hydrogen-bond donors (Lipinski definition) is 6. The molecule has 77 heavy (non-hydrogen) atoms. The largest absolute Gasteiger partial charge is 0.444 e. The van der Waals surface area contributed by atoms with Gasteiger partial charge >= 0.3 is 12.2 Å². The molecule has 23 heteroatoms. The molecule has 0 aromatic rings. The third kappa shape index (κ3) is 16.1. The highest BCUT2D eigenvalue weighted by molar-refractivity contribution is 7.85. The van der Waals surface area contributed by atoms with E-state index in [-0.39, 0.29) is 51.6 Å². The predicted octanol–water partition coefficient (Wildman–Crippen LogP) is 4.68. The van der Waals surface area contributed by atoms with E-state index < -0.39 is 150 Å². The van der Waals surface area contributed by atoms with Crippen molar-refractivity contribution in [3.05, 3.63) is 24.3 Å². The Labute approximate surface area is 459 Å². The number of carbonyl (C=O) groups is 8. The van der Waals surface area contributed by atoms with Crippen LogP contribution in [0.2, 0.25) is 0 Å². The quantitative estimate of drug-likeness (QED) is 0.181. The molecule has 2 aliphatic carbocycles. The SMILES string of the molecule is CC(C)(C)OC(=O)NC1CCCCC/C=C\C2CC2(C(=O)N[S@@](=O)C(C)(C)C)NC(=O)C2CC(OC3CC4C(=O)NC5(C(=O)N[S@@](=O)C(C)(C)C)CC5/C=C\CCCCCC(NC(=O)OC(C)(C)C)C(=O)N4C3)CN2C1=O. The Morgan fingerprint density at radius 1 is 0.571 bits per heavy atom. The number of amides is 8. The Hall–Kier alpha value is -4.90. The topological polar surface area (TPSA) is 277 Å². The third-order valence-corrected chi connectivity index (χ3v) is 17.5. The molecule has 2 saturated carbocycles. The molecule has 4 fully saturated rings. The fourth-order valence-corrected chi connectivity index (χ4v) is 11.5. The summed E-state index contributed by atoms with van der Waals surface area (Å²) in [5.74, 6) is -4.61. The first-order valence-electron chi connectivity index (χ1n) is 27.4. The van der Waals surface area contributed by atoms with Crippen LogP contribution in [0.4, 0.5) is 9.59 Å². The van der Waals surface area contributed by atoms with Crippen LogP contribution in [-0.2, 0) is 64.9 Å². The smallest absolute Gasteiger partial charge is 0.408 e. The van der Waals surface area contributed by atoms with Crippen molar-refractivity contribution in [2.45, 2.75) is 241 Å².